The topological polar surface area (TPSA) is 51.8 Å². The smallest absolute Gasteiger partial charge is 0.320 e. The first-order valence-corrected chi connectivity index (χ1v) is 4.07. The number of aromatic nitrogens is 3. The average molecular weight is 196 g/mol. The highest BCUT2D eigenvalue weighted by molar-refractivity contribution is 6.27. The van der Waals surface area contributed by atoms with Crippen LogP contribution in [0.5, 0.6) is 0 Å². The lowest BCUT2D eigenvalue weighted by Crippen LogP contribution is -1.87. The summed E-state index contributed by atoms with van der Waals surface area (Å²) in [4.78, 5) is 8.06. The molecule has 0 N–H and O–H groups in total. The van der Waals surface area contributed by atoms with Crippen LogP contribution in [0.2, 0.25) is 5.35 Å². The molecular formula is C8H6ClN3O. The first-order valence-electron chi connectivity index (χ1n) is 3.69. The Hall–Kier alpha value is -1.42. The van der Waals surface area contributed by atoms with Gasteiger partial charge in [0.25, 0.3) is 0 Å². The lowest BCUT2D eigenvalue weighted by molar-refractivity contribution is 0.420. The summed E-state index contributed by atoms with van der Waals surface area (Å²) >= 11 is 5.48. The van der Waals surface area contributed by atoms with Crippen molar-refractivity contribution in [2.75, 3.05) is 0 Å². The van der Waals surface area contributed by atoms with E-state index in [0.717, 1.165) is 5.69 Å². The van der Waals surface area contributed by atoms with Crippen molar-refractivity contribution < 1.29 is 4.52 Å². The Morgan fingerprint density at radius 3 is 2.77 bits per heavy atom. The number of halogens is 1. The zero-order valence-electron chi connectivity index (χ0n) is 6.86. The number of pyridine rings is 1. The third-order valence-corrected chi connectivity index (χ3v) is 1.67. The van der Waals surface area contributed by atoms with E-state index in [2.05, 4.69) is 19.6 Å². The Labute approximate surface area is 79.6 Å². The van der Waals surface area contributed by atoms with E-state index >= 15 is 0 Å². The summed E-state index contributed by atoms with van der Waals surface area (Å²) in [6, 6.07) is 5.57. The van der Waals surface area contributed by atoms with Crippen molar-refractivity contribution in [1.82, 2.24) is 15.1 Å². The molecule has 0 aliphatic carbocycles. The number of rotatable bonds is 1. The van der Waals surface area contributed by atoms with Gasteiger partial charge in [0, 0.05) is 5.69 Å². The van der Waals surface area contributed by atoms with E-state index in [4.69, 9.17) is 11.6 Å². The predicted molar refractivity (Wildman–Crippen MR) is 47.3 cm³/mol. The zero-order chi connectivity index (χ0) is 9.26. The Morgan fingerprint density at radius 2 is 2.15 bits per heavy atom. The fourth-order valence-electron chi connectivity index (χ4n) is 0.977. The van der Waals surface area contributed by atoms with Crippen LogP contribution in [-0.4, -0.2) is 15.1 Å². The Kier molecular flexibility index (Phi) is 1.98. The Morgan fingerprint density at radius 1 is 1.31 bits per heavy atom. The summed E-state index contributed by atoms with van der Waals surface area (Å²) in [6.45, 7) is 1.89. The number of aryl methyl sites for hydroxylation is 1. The summed E-state index contributed by atoms with van der Waals surface area (Å²) in [6.07, 6.45) is 0. The molecule has 0 atom stereocenters. The third kappa shape index (κ3) is 1.67. The minimum Gasteiger partial charge on any atom is -0.321 e. The van der Waals surface area contributed by atoms with Crippen molar-refractivity contribution in [3.05, 3.63) is 29.2 Å². The molecule has 0 aromatic carbocycles. The van der Waals surface area contributed by atoms with Gasteiger partial charge in [-0.25, -0.2) is 4.98 Å². The highest BCUT2D eigenvalue weighted by Crippen LogP contribution is 2.15. The molecule has 0 saturated heterocycles. The molecule has 66 valence electrons. The van der Waals surface area contributed by atoms with Crippen molar-refractivity contribution in [2.24, 2.45) is 0 Å². The van der Waals surface area contributed by atoms with Gasteiger partial charge in [-0.1, -0.05) is 11.2 Å². The normalized spacial score (nSPS) is 10.3. The summed E-state index contributed by atoms with van der Waals surface area (Å²) in [5.41, 5.74) is 1.56. The van der Waals surface area contributed by atoms with Gasteiger partial charge in [-0.3, -0.25) is 0 Å². The van der Waals surface area contributed by atoms with Gasteiger partial charge in [0.1, 0.15) is 5.69 Å². The van der Waals surface area contributed by atoms with E-state index in [1.165, 1.54) is 0 Å². The van der Waals surface area contributed by atoms with E-state index in [1.54, 1.807) is 6.07 Å². The Balaban J connectivity index is 2.46. The van der Waals surface area contributed by atoms with Gasteiger partial charge in [0.05, 0.1) is 0 Å². The van der Waals surface area contributed by atoms with Crippen LogP contribution in [0.1, 0.15) is 5.69 Å². The van der Waals surface area contributed by atoms with Crippen molar-refractivity contribution in [1.29, 1.82) is 0 Å². The highest BCUT2D eigenvalue weighted by Gasteiger charge is 2.07. The van der Waals surface area contributed by atoms with Gasteiger partial charge in [-0.2, -0.15) is 4.98 Å². The second-order valence-corrected chi connectivity index (χ2v) is 2.86. The maximum absolute atomic E-state index is 5.48. The van der Waals surface area contributed by atoms with Crippen LogP contribution >= 0.6 is 11.6 Å². The maximum Gasteiger partial charge on any atom is 0.320 e. The summed E-state index contributed by atoms with van der Waals surface area (Å²) in [5.74, 6) is 0.411. The van der Waals surface area contributed by atoms with Gasteiger partial charge in [0.15, 0.2) is 0 Å². The third-order valence-electron chi connectivity index (χ3n) is 1.52. The second-order valence-electron chi connectivity index (χ2n) is 2.54. The molecular weight excluding hydrogens is 190 g/mol. The molecule has 4 nitrogen and oxygen atoms in total. The molecule has 2 aromatic rings. The molecule has 2 heterocycles. The molecule has 0 aliphatic rings. The molecule has 2 aromatic heterocycles. The average Bonchev–Trinajstić information content (AvgIpc) is 2.52. The standard InChI is InChI=1S/C8H6ClN3O/c1-5-3-2-4-6(10-5)7-11-8(9)13-12-7/h2-4H,1H3. The molecule has 0 saturated carbocycles. The van der Waals surface area contributed by atoms with E-state index in [0.29, 0.717) is 11.5 Å². The molecule has 5 heteroatoms. The SMILES string of the molecule is Cc1cccc(-c2noc(Cl)n2)n1. The zero-order valence-corrected chi connectivity index (χ0v) is 7.62. The van der Waals surface area contributed by atoms with Crippen molar-refractivity contribution in [3.63, 3.8) is 0 Å². The van der Waals surface area contributed by atoms with Crippen LogP contribution < -0.4 is 0 Å². The molecule has 0 aliphatic heterocycles. The quantitative estimate of drug-likeness (QED) is 0.699. The lowest BCUT2D eigenvalue weighted by Gasteiger charge is -1.93. The minimum atomic E-state index is 0.0262. The number of nitrogens with zero attached hydrogens (tertiary/aromatic N) is 3. The minimum absolute atomic E-state index is 0.0262. The van der Waals surface area contributed by atoms with Crippen LogP contribution in [0.25, 0.3) is 11.5 Å². The van der Waals surface area contributed by atoms with Gasteiger partial charge in [-0.05, 0) is 30.7 Å². The summed E-state index contributed by atoms with van der Waals surface area (Å²) < 4.78 is 4.62. The van der Waals surface area contributed by atoms with Crippen molar-refractivity contribution >= 4 is 11.6 Å². The van der Waals surface area contributed by atoms with Crippen LogP contribution in [0.15, 0.2) is 22.7 Å². The van der Waals surface area contributed by atoms with E-state index in [-0.39, 0.29) is 5.35 Å². The van der Waals surface area contributed by atoms with Gasteiger partial charge in [-0.15, -0.1) is 0 Å². The van der Waals surface area contributed by atoms with Crippen LogP contribution in [0.3, 0.4) is 0 Å². The molecule has 13 heavy (non-hydrogen) atoms. The lowest BCUT2D eigenvalue weighted by atomic mass is 10.3. The Bertz CT molecular complexity index is 427. The molecule has 0 unspecified atom stereocenters. The molecule has 2 rings (SSSR count). The van der Waals surface area contributed by atoms with Gasteiger partial charge in [0.2, 0.25) is 5.82 Å². The van der Waals surface area contributed by atoms with E-state index < -0.39 is 0 Å². The predicted octanol–water partition coefficient (Wildman–Crippen LogP) is 2.09. The molecule has 0 spiro atoms. The van der Waals surface area contributed by atoms with E-state index in [1.807, 2.05) is 19.1 Å². The van der Waals surface area contributed by atoms with Crippen LogP contribution in [-0.2, 0) is 0 Å². The van der Waals surface area contributed by atoms with Crippen molar-refractivity contribution in [2.45, 2.75) is 6.92 Å². The maximum atomic E-state index is 5.48. The molecule has 0 radical (unpaired) electrons. The summed E-state index contributed by atoms with van der Waals surface area (Å²) in [5, 5.41) is 3.67. The first-order chi connectivity index (χ1) is 6.25. The summed E-state index contributed by atoms with van der Waals surface area (Å²) in [7, 11) is 0. The fraction of sp³-hybridized carbons (Fsp3) is 0.125. The van der Waals surface area contributed by atoms with Crippen LogP contribution in [0.4, 0.5) is 0 Å². The number of hydrogen-bond acceptors (Lipinski definition) is 4. The fourth-order valence-corrected chi connectivity index (χ4v) is 1.09. The largest absolute Gasteiger partial charge is 0.321 e. The number of hydrogen-bond donors (Lipinski definition) is 0. The molecule has 0 bridgehead atoms. The first kappa shape index (κ1) is 8.19. The molecule has 0 fully saturated rings. The van der Waals surface area contributed by atoms with Gasteiger partial charge < -0.3 is 4.52 Å². The van der Waals surface area contributed by atoms with E-state index in [9.17, 15) is 0 Å². The monoisotopic (exact) mass is 195 g/mol. The molecule has 0 amide bonds. The van der Waals surface area contributed by atoms with Crippen molar-refractivity contribution in [3.8, 4) is 11.5 Å². The highest BCUT2D eigenvalue weighted by atomic mass is 35.5. The van der Waals surface area contributed by atoms with Gasteiger partial charge >= 0.3 is 5.35 Å². The van der Waals surface area contributed by atoms with Crippen LogP contribution in [0, 0.1) is 6.92 Å². The second kappa shape index (κ2) is 3.14.